The van der Waals surface area contributed by atoms with E-state index >= 15 is 0 Å². The van der Waals surface area contributed by atoms with Crippen LogP contribution in [0.4, 0.5) is 5.69 Å². The molecular formula is C16H13N5O. The van der Waals surface area contributed by atoms with Gasteiger partial charge in [-0.15, -0.1) is 10.2 Å². The number of rotatable bonds is 1. The second-order valence-electron chi connectivity index (χ2n) is 5.20. The van der Waals surface area contributed by atoms with E-state index in [0.29, 0.717) is 16.9 Å². The van der Waals surface area contributed by atoms with Crippen molar-refractivity contribution < 1.29 is 4.79 Å². The lowest BCUT2D eigenvalue weighted by atomic mass is 10.2. The molecule has 4 aromatic rings. The summed E-state index contributed by atoms with van der Waals surface area (Å²) in [4.78, 5) is 12.7. The van der Waals surface area contributed by atoms with E-state index in [2.05, 4.69) is 10.2 Å². The molecule has 0 radical (unpaired) electrons. The molecule has 22 heavy (non-hydrogen) atoms. The quantitative estimate of drug-likeness (QED) is 0.546. The van der Waals surface area contributed by atoms with Crippen LogP contribution >= 0.6 is 0 Å². The molecule has 108 valence electrons. The Morgan fingerprint density at radius 1 is 1.09 bits per heavy atom. The van der Waals surface area contributed by atoms with Gasteiger partial charge in [0.2, 0.25) is 0 Å². The number of hydrogen-bond acceptors (Lipinski definition) is 4. The summed E-state index contributed by atoms with van der Waals surface area (Å²) in [6.45, 7) is 1.87. The average Bonchev–Trinajstić information content (AvgIpc) is 3.10. The van der Waals surface area contributed by atoms with Gasteiger partial charge < -0.3 is 5.73 Å². The van der Waals surface area contributed by atoms with Crippen LogP contribution in [0.25, 0.3) is 16.6 Å². The summed E-state index contributed by atoms with van der Waals surface area (Å²) in [7, 11) is 0. The van der Waals surface area contributed by atoms with Gasteiger partial charge in [-0.2, -0.15) is 0 Å². The summed E-state index contributed by atoms with van der Waals surface area (Å²) in [5.41, 5.74) is 8.50. The van der Waals surface area contributed by atoms with Gasteiger partial charge >= 0.3 is 0 Å². The van der Waals surface area contributed by atoms with Crippen molar-refractivity contribution in [2.24, 2.45) is 0 Å². The topological polar surface area (TPSA) is 78.2 Å². The predicted molar refractivity (Wildman–Crippen MR) is 83.8 cm³/mol. The van der Waals surface area contributed by atoms with E-state index < -0.39 is 0 Å². The van der Waals surface area contributed by atoms with Gasteiger partial charge in [0.15, 0.2) is 5.65 Å². The number of anilines is 1. The molecule has 0 bridgehead atoms. The fourth-order valence-electron chi connectivity index (χ4n) is 2.62. The van der Waals surface area contributed by atoms with Crippen LogP contribution < -0.4 is 5.73 Å². The number of fused-ring (bicyclic) bond motifs is 2. The molecule has 0 aliphatic heterocycles. The minimum Gasteiger partial charge on any atom is -0.399 e. The smallest absolute Gasteiger partial charge is 0.262 e. The number of aryl methyl sites for hydroxylation is 1. The number of nitrogen functional groups attached to an aromatic ring is 1. The summed E-state index contributed by atoms with van der Waals surface area (Å²) in [5.74, 6) is 0.679. The Hall–Kier alpha value is -3.15. The van der Waals surface area contributed by atoms with Crippen LogP contribution in [0.5, 0.6) is 0 Å². The number of hydrogen-bond donors (Lipinski definition) is 1. The lowest BCUT2D eigenvalue weighted by Gasteiger charge is -2.05. The van der Waals surface area contributed by atoms with Crippen molar-refractivity contribution in [3.05, 3.63) is 60.2 Å². The first-order valence-corrected chi connectivity index (χ1v) is 6.86. The number of carbonyl (C=O) groups excluding carboxylic acids is 1. The van der Waals surface area contributed by atoms with Crippen molar-refractivity contribution in [2.45, 2.75) is 6.92 Å². The maximum atomic E-state index is 12.7. The van der Waals surface area contributed by atoms with Gasteiger partial charge in [0, 0.05) is 29.0 Å². The molecular weight excluding hydrogens is 278 g/mol. The molecule has 0 aliphatic rings. The van der Waals surface area contributed by atoms with Crippen LogP contribution in [0.2, 0.25) is 0 Å². The third-order valence-corrected chi connectivity index (χ3v) is 3.76. The zero-order valence-corrected chi connectivity index (χ0v) is 11.9. The molecule has 0 spiro atoms. The first kappa shape index (κ1) is 12.6. The number of aromatic nitrogens is 4. The van der Waals surface area contributed by atoms with Gasteiger partial charge in [-0.05, 0) is 43.3 Å². The zero-order valence-electron chi connectivity index (χ0n) is 11.9. The minimum atomic E-state index is -0.108. The molecule has 4 rings (SSSR count). The molecule has 3 aromatic heterocycles. The molecule has 0 saturated heterocycles. The zero-order chi connectivity index (χ0) is 15.3. The Kier molecular flexibility index (Phi) is 2.53. The van der Waals surface area contributed by atoms with E-state index in [-0.39, 0.29) is 5.91 Å². The summed E-state index contributed by atoms with van der Waals surface area (Å²) in [6.07, 6.45) is 3.56. The van der Waals surface area contributed by atoms with Crippen molar-refractivity contribution in [1.82, 2.24) is 19.2 Å². The average molecular weight is 291 g/mol. The third kappa shape index (κ3) is 1.77. The number of pyridine rings is 1. The molecule has 0 atom stereocenters. The normalized spacial score (nSPS) is 11.3. The van der Waals surface area contributed by atoms with Crippen LogP contribution in [-0.2, 0) is 0 Å². The first-order valence-electron chi connectivity index (χ1n) is 6.86. The van der Waals surface area contributed by atoms with Crippen molar-refractivity contribution >= 4 is 28.1 Å². The maximum Gasteiger partial charge on any atom is 0.262 e. The molecule has 0 unspecified atom stereocenters. The van der Waals surface area contributed by atoms with Crippen molar-refractivity contribution in [2.75, 3.05) is 5.73 Å². The van der Waals surface area contributed by atoms with E-state index in [9.17, 15) is 4.79 Å². The van der Waals surface area contributed by atoms with E-state index in [1.165, 1.54) is 0 Å². The van der Waals surface area contributed by atoms with Gasteiger partial charge in [-0.25, -0.2) is 0 Å². The first-order chi connectivity index (χ1) is 10.6. The Bertz CT molecular complexity index is 1030. The van der Waals surface area contributed by atoms with Gasteiger partial charge in [-0.1, -0.05) is 0 Å². The number of carbonyl (C=O) groups is 1. The Labute approximate surface area is 125 Å². The van der Waals surface area contributed by atoms with Gasteiger partial charge in [-0.3, -0.25) is 13.8 Å². The van der Waals surface area contributed by atoms with Gasteiger partial charge in [0.05, 0.1) is 5.52 Å². The number of benzene rings is 1. The largest absolute Gasteiger partial charge is 0.399 e. The van der Waals surface area contributed by atoms with E-state index in [4.69, 9.17) is 5.73 Å². The van der Waals surface area contributed by atoms with Crippen LogP contribution in [0.1, 0.15) is 16.2 Å². The van der Waals surface area contributed by atoms with Crippen LogP contribution in [-0.4, -0.2) is 25.1 Å². The highest BCUT2D eigenvalue weighted by Gasteiger charge is 2.13. The van der Waals surface area contributed by atoms with E-state index in [0.717, 1.165) is 16.7 Å². The van der Waals surface area contributed by atoms with E-state index in [1.54, 1.807) is 29.0 Å². The molecule has 0 aliphatic carbocycles. The fourth-order valence-corrected chi connectivity index (χ4v) is 2.62. The standard InChI is InChI=1S/C16H13N5O/c1-10-18-19-15-9-12(5-6-20(10)15)16(22)21-7-4-11-8-13(17)2-3-14(11)21/h2-9H,17H2,1H3. The number of nitrogens with two attached hydrogens (primary N) is 1. The molecule has 1 aromatic carbocycles. The summed E-state index contributed by atoms with van der Waals surface area (Å²) in [6, 6.07) is 10.9. The molecule has 0 fully saturated rings. The molecule has 6 heteroatoms. The highest BCUT2D eigenvalue weighted by molar-refractivity contribution is 6.02. The van der Waals surface area contributed by atoms with Crippen molar-refractivity contribution in [3.63, 3.8) is 0 Å². The molecule has 0 saturated carbocycles. The number of nitrogens with zero attached hydrogens (tertiary/aromatic N) is 4. The summed E-state index contributed by atoms with van der Waals surface area (Å²) < 4.78 is 3.45. The fraction of sp³-hybridized carbons (Fsp3) is 0.0625. The van der Waals surface area contributed by atoms with Crippen molar-refractivity contribution in [1.29, 1.82) is 0 Å². The highest BCUT2D eigenvalue weighted by atomic mass is 16.2. The van der Waals surface area contributed by atoms with Crippen LogP contribution in [0.3, 0.4) is 0 Å². The lowest BCUT2D eigenvalue weighted by molar-refractivity contribution is 0.0965. The Morgan fingerprint density at radius 3 is 2.82 bits per heavy atom. The van der Waals surface area contributed by atoms with Crippen molar-refractivity contribution in [3.8, 4) is 0 Å². The maximum absolute atomic E-state index is 12.7. The SMILES string of the molecule is Cc1nnc2cc(C(=O)n3ccc4cc(N)ccc43)ccn12. The van der Waals surface area contributed by atoms with E-state index in [1.807, 2.05) is 35.7 Å². The molecule has 3 heterocycles. The predicted octanol–water partition coefficient (Wildman–Crippen LogP) is 2.26. The third-order valence-electron chi connectivity index (χ3n) is 3.76. The monoisotopic (exact) mass is 291 g/mol. The molecule has 0 amide bonds. The van der Waals surface area contributed by atoms with Gasteiger partial charge in [0.25, 0.3) is 5.91 Å². The van der Waals surface area contributed by atoms with Gasteiger partial charge in [0.1, 0.15) is 5.82 Å². The second kappa shape index (κ2) is 4.42. The minimum absolute atomic E-state index is 0.108. The molecule has 6 nitrogen and oxygen atoms in total. The summed E-state index contributed by atoms with van der Waals surface area (Å²) in [5, 5.41) is 8.99. The highest BCUT2D eigenvalue weighted by Crippen LogP contribution is 2.20. The Balaban J connectivity index is 1.84. The lowest BCUT2D eigenvalue weighted by Crippen LogP contribution is -2.11. The van der Waals surface area contributed by atoms with Crippen LogP contribution in [0, 0.1) is 6.92 Å². The Morgan fingerprint density at radius 2 is 1.95 bits per heavy atom. The molecule has 2 N–H and O–H groups in total. The van der Waals surface area contributed by atoms with Crippen LogP contribution in [0.15, 0.2) is 48.8 Å². The second-order valence-corrected chi connectivity index (χ2v) is 5.20. The summed E-state index contributed by atoms with van der Waals surface area (Å²) >= 11 is 0.